The lowest BCUT2D eigenvalue weighted by Crippen LogP contribution is -3.15. The quantitative estimate of drug-likeness (QED) is 0.0638. The molecule has 0 unspecified atom stereocenters. The SMILES string of the molecule is CC(C)(ON=C(C(=O)N[C@@H]1C(=O)N2C(C(=O)[O-])=C(C[NH+]3CCN(C(=O)c4ccc(O)c(O)c4)CC3)CS[C@H]12)c1csc(N)n1)C(=O)O. The van der Waals surface area contributed by atoms with Crippen LogP contribution in [0.1, 0.15) is 29.9 Å². The molecule has 2 aromatic rings. The predicted octanol–water partition coefficient (Wildman–Crippen LogP) is -2.83. The van der Waals surface area contributed by atoms with Crippen LogP contribution in [0.4, 0.5) is 5.13 Å². The second-order valence-electron chi connectivity index (χ2n) is 11.4. The van der Waals surface area contributed by atoms with Crippen LogP contribution in [0.3, 0.4) is 0 Å². The lowest BCUT2D eigenvalue weighted by Gasteiger charge is -2.50. The number of oxime groups is 1. The summed E-state index contributed by atoms with van der Waals surface area (Å²) in [4.78, 5) is 75.9. The largest absolute Gasteiger partial charge is 0.543 e. The minimum Gasteiger partial charge on any atom is -0.543 e. The molecule has 5 rings (SSSR count). The molecule has 2 atom stereocenters. The van der Waals surface area contributed by atoms with Crippen molar-refractivity contribution in [2.24, 2.45) is 5.16 Å². The number of fused-ring (bicyclic) bond motifs is 1. The molecule has 47 heavy (non-hydrogen) atoms. The number of phenols is 2. The van der Waals surface area contributed by atoms with E-state index in [2.05, 4.69) is 15.5 Å². The molecule has 3 aliphatic rings. The van der Waals surface area contributed by atoms with Crippen molar-refractivity contribution >= 4 is 63.6 Å². The molecule has 1 aromatic heterocycles. The number of aromatic nitrogens is 1. The monoisotopic (exact) mass is 689 g/mol. The van der Waals surface area contributed by atoms with Crippen molar-refractivity contribution in [1.29, 1.82) is 0 Å². The van der Waals surface area contributed by atoms with Crippen LogP contribution in [-0.2, 0) is 24.0 Å². The average molecular weight is 690 g/mol. The fraction of sp³-hybridized carbons (Fsp3) is 0.393. The number of nitrogens with one attached hydrogen (secondary N) is 2. The molecule has 3 amide bonds. The maximum atomic E-state index is 13.3. The van der Waals surface area contributed by atoms with E-state index in [0.29, 0.717) is 31.8 Å². The third-order valence-electron chi connectivity index (χ3n) is 7.83. The molecule has 19 heteroatoms. The molecule has 7 N–H and O–H groups in total. The maximum Gasteiger partial charge on any atom is 0.350 e. The van der Waals surface area contributed by atoms with Gasteiger partial charge in [-0.3, -0.25) is 19.3 Å². The molecular formula is C28H31N7O10S2. The Morgan fingerprint density at radius 2 is 1.91 bits per heavy atom. The van der Waals surface area contributed by atoms with Gasteiger partial charge in [0.2, 0.25) is 5.60 Å². The van der Waals surface area contributed by atoms with E-state index in [4.69, 9.17) is 10.6 Å². The number of carbonyl (C=O) groups excluding carboxylic acids is 4. The molecule has 17 nitrogen and oxygen atoms in total. The Labute approximate surface area is 275 Å². The van der Waals surface area contributed by atoms with Gasteiger partial charge < -0.3 is 50.9 Å². The Balaban J connectivity index is 1.25. The highest BCUT2D eigenvalue weighted by molar-refractivity contribution is 8.00. The number of nitrogens with zero attached hydrogens (tertiary/aromatic N) is 4. The molecule has 0 bridgehead atoms. The van der Waals surface area contributed by atoms with Gasteiger partial charge in [-0.1, -0.05) is 5.16 Å². The van der Waals surface area contributed by atoms with E-state index < -0.39 is 52.2 Å². The summed E-state index contributed by atoms with van der Waals surface area (Å²) in [5, 5.41) is 47.9. The summed E-state index contributed by atoms with van der Waals surface area (Å²) in [5.41, 5.74) is 3.92. The normalized spacial score (nSPS) is 20.4. The van der Waals surface area contributed by atoms with Crippen LogP contribution in [0.2, 0.25) is 0 Å². The van der Waals surface area contributed by atoms with E-state index in [1.54, 1.807) is 4.90 Å². The van der Waals surface area contributed by atoms with Crippen molar-refractivity contribution in [1.82, 2.24) is 20.1 Å². The molecule has 1 aromatic carbocycles. The van der Waals surface area contributed by atoms with Gasteiger partial charge in [0, 0.05) is 22.3 Å². The number of hydrogen-bond donors (Lipinski definition) is 6. The van der Waals surface area contributed by atoms with Crippen molar-refractivity contribution in [3.63, 3.8) is 0 Å². The molecule has 0 saturated carbocycles. The summed E-state index contributed by atoms with van der Waals surface area (Å²) >= 11 is 2.26. The number of quaternary nitrogens is 1. The molecule has 0 spiro atoms. The van der Waals surface area contributed by atoms with Gasteiger partial charge in [0.05, 0.1) is 37.8 Å². The summed E-state index contributed by atoms with van der Waals surface area (Å²) in [7, 11) is 0. The summed E-state index contributed by atoms with van der Waals surface area (Å²) in [6, 6.07) is 2.72. The third-order valence-corrected chi connectivity index (χ3v) is 9.84. The number of aliphatic carboxylic acids is 2. The number of β-lactam (4-membered cyclic amide) rings is 1. The third kappa shape index (κ3) is 6.81. The predicted molar refractivity (Wildman–Crippen MR) is 164 cm³/mol. The Morgan fingerprint density at radius 1 is 1.21 bits per heavy atom. The van der Waals surface area contributed by atoms with Gasteiger partial charge in [-0.25, -0.2) is 9.78 Å². The van der Waals surface area contributed by atoms with E-state index >= 15 is 0 Å². The highest BCUT2D eigenvalue weighted by atomic mass is 32.2. The van der Waals surface area contributed by atoms with Gasteiger partial charge >= 0.3 is 5.97 Å². The first kappa shape index (κ1) is 33.5. The van der Waals surface area contributed by atoms with Gasteiger partial charge in [0.15, 0.2) is 22.3 Å². The van der Waals surface area contributed by atoms with Gasteiger partial charge in [-0.05, 0) is 32.0 Å². The number of carboxylic acid groups (broad SMARTS) is 2. The Kier molecular flexibility index (Phi) is 9.32. The van der Waals surface area contributed by atoms with Crippen molar-refractivity contribution in [3.8, 4) is 11.5 Å². The lowest BCUT2D eigenvalue weighted by molar-refractivity contribution is -0.899. The number of hydrogen-bond acceptors (Lipinski definition) is 14. The standard InChI is InChI=1S/C28H31N7O10S2/c1-28(2,26(43)44)45-32-18(15-12-47-27(29)30-15)21(38)31-19-23(40)35-20(25(41)42)14(11-46-24(19)35)10-33-5-7-34(8-6-33)22(39)13-3-4-16(36)17(37)9-13/h3-4,9,12,19,24,36-37H,5-8,10-11H2,1-2H3,(H2,29,30)(H,31,38)(H,41,42)(H,43,44)/t19-,24-/m1/s1. The van der Waals surface area contributed by atoms with Crippen molar-refractivity contribution < 1.29 is 54.1 Å². The van der Waals surface area contributed by atoms with Crippen LogP contribution in [0.15, 0.2) is 40.0 Å². The van der Waals surface area contributed by atoms with Gasteiger partial charge in [-0.2, -0.15) is 0 Å². The summed E-state index contributed by atoms with van der Waals surface area (Å²) in [5.74, 6) is -5.26. The lowest BCUT2D eigenvalue weighted by atomic mass is 10.0. The highest BCUT2D eigenvalue weighted by Gasteiger charge is 2.53. The molecule has 3 aliphatic heterocycles. The van der Waals surface area contributed by atoms with E-state index in [1.165, 1.54) is 49.2 Å². The Morgan fingerprint density at radius 3 is 2.51 bits per heavy atom. The van der Waals surface area contributed by atoms with Gasteiger partial charge in [0.1, 0.15) is 23.7 Å². The zero-order valence-corrected chi connectivity index (χ0v) is 26.7. The average Bonchev–Trinajstić information content (AvgIpc) is 3.46. The number of thiazole rings is 1. The number of phenolic OH excluding ortho intramolecular Hbond substituents is 2. The number of aromatic hydroxyl groups is 2. The number of carboxylic acids is 2. The topological polar surface area (TPSA) is 253 Å². The molecule has 250 valence electrons. The molecular weight excluding hydrogens is 658 g/mol. The zero-order valence-electron chi connectivity index (χ0n) is 25.1. The van der Waals surface area contributed by atoms with E-state index in [-0.39, 0.29) is 46.0 Å². The Hall–Kier alpha value is -4.88. The van der Waals surface area contributed by atoms with Crippen LogP contribution in [0.25, 0.3) is 0 Å². The number of anilines is 1. The zero-order chi connectivity index (χ0) is 34.2. The van der Waals surface area contributed by atoms with E-state index in [0.717, 1.165) is 21.1 Å². The fourth-order valence-electron chi connectivity index (χ4n) is 5.16. The minimum atomic E-state index is -1.79. The first-order chi connectivity index (χ1) is 22.2. The minimum absolute atomic E-state index is 0.00490. The number of piperazine rings is 1. The smallest absolute Gasteiger partial charge is 0.350 e. The number of nitrogen functional groups attached to an aromatic ring is 1. The van der Waals surface area contributed by atoms with Crippen molar-refractivity contribution in [3.05, 3.63) is 46.1 Å². The van der Waals surface area contributed by atoms with Crippen molar-refractivity contribution in [2.75, 3.05) is 44.2 Å². The number of nitrogens with two attached hydrogens (primary N) is 1. The molecule has 0 radical (unpaired) electrons. The van der Waals surface area contributed by atoms with Crippen LogP contribution in [0, 0.1) is 0 Å². The first-order valence-electron chi connectivity index (χ1n) is 14.2. The maximum absolute atomic E-state index is 13.3. The molecule has 2 saturated heterocycles. The molecule has 0 aliphatic carbocycles. The number of rotatable bonds is 10. The van der Waals surface area contributed by atoms with Crippen LogP contribution < -0.4 is 21.1 Å². The van der Waals surface area contributed by atoms with Gasteiger partial charge in [0.25, 0.3) is 17.7 Å². The molecule has 2 fully saturated rings. The number of benzene rings is 1. The molecule has 4 heterocycles. The van der Waals surface area contributed by atoms with Gasteiger partial charge in [-0.15, -0.1) is 23.1 Å². The summed E-state index contributed by atoms with van der Waals surface area (Å²) in [6.45, 7) is 4.44. The Bertz CT molecular complexity index is 1700. The fourth-order valence-corrected chi connectivity index (χ4v) is 7.05. The second-order valence-corrected chi connectivity index (χ2v) is 13.4. The van der Waals surface area contributed by atoms with Crippen LogP contribution in [-0.4, -0.2) is 121 Å². The number of carbonyl (C=O) groups is 5. The first-order valence-corrected chi connectivity index (χ1v) is 16.2. The van der Waals surface area contributed by atoms with Crippen molar-refractivity contribution in [2.45, 2.75) is 30.9 Å². The van der Waals surface area contributed by atoms with Crippen LogP contribution >= 0.6 is 23.1 Å². The number of thioether (sulfide) groups is 1. The van der Waals surface area contributed by atoms with E-state index in [1.807, 2.05) is 0 Å². The highest BCUT2D eigenvalue weighted by Crippen LogP contribution is 2.40. The van der Waals surface area contributed by atoms with Crippen LogP contribution in [0.5, 0.6) is 11.5 Å². The summed E-state index contributed by atoms with van der Waals surface area (Å²) < 4.78 is 0. The summed E-state index contributed by atoms with van der Waals surface area (Å²) in [6.07, 6.45) is 0. The van der Waals surface area contributed by atoms with E-state index in [9.17, 15) is 44.4 Å². The second kappa shape index (κ2) is 13.1. The number of amides is 3.